The van der Waals surface area contributed by atoms with Crippen molar-refractivity contribution in [1.82, 2.24) is 14.5 Å². The Morgan fingerprint density at radius 1 is 1.03 bits per heavy atom. The second-order valence-electron chi connectivity index (χ2n) is 7.19. The molecule has 0 bridgehead atoms. The van der Waals surface area contributed by atoms with Crippen LogP contribution in [0.1, 0.15) is 27.3 Å². The van der Waals surface area contributed by atoms with Crippen LogP contribution in [0.15, 0.2) is 59.8 Å². The first kappa shape index (κ1) is 20.3. The van der Waals surface area contributed by atoms with Crippen molar-refractivity contribution in [2.45, 2.75) is 19.8 Å². The Hall–Kier alpha value is -3.94. The number of hydrogen-bond donors (Lipinski definition) is 1. The fourth-order valence-electron chi connectivity index (χ4n) is 3.43. The van der Waals surface area contributed by atoms with Crippen LogP contribution in [0.4, 0.5) is 8.78 Å². The molecule has 0 aliphatic heterocycles. The Morgan fingerprint density at radius 3 is 2.32 bits per heavy atom. The predicted molar refractivity (Wildman–Crippen MR) is 112 cm³/mol. The number of nitrogens with zero attached hydrogens (tertiary/aromatic N) is 3. The molecule has 0 fully saturated rings. The van der Waals surface area contributed by atoms with Crippen molar-refractivity contribution >= 4 is 16.8 Å². The molecule has 2 aromatic heterocycles. The molecule has 0 atom stereocenters. The van der Waals surface area contributed by atoms with Crippen LogP contribution < -0.4 is 11.2 Å². The normalized spacial score (nSPS) is 11.1. The van der Waals surface area contributed by atoms with E-state index < -0.39 is 23.0 Å². The number of halogens is 2. The standard InChI is InChI=1S/C23H18F2N4O2/c1-13-27-10-15(11-28-13)3-2-14-8-18-21(20(25)9-14)29(12-19(22(18)30)23(26)31)17-6-4-16(24)5-7-17/h4-12H,2-3H2,1H3,(H2,26,31). The van der Waals surface area contributed by atoms with Crippen LogP contribution in [0.2, 0.25) is 0 Å². The SMILES string of the molecule is Cc1ncc(CCc2cc(F)c3c(c2)c(=O)c(C(N)=O)cn3-c2ccc(F)cc2)cn1. The lowest BCUT2D eigenvalue weighted by Crippen LogP contribution is -2.24. The van der Waals surface area contributed by atoms with E-state index in [1.165, 1.54) is 41.1 Å². The van der Waals surface area contributed by atoms with Gasteiger partial charge in [0.05, 0.1) is 10.9 Å². The van der Waals surface area contributed by atoms with E-state index in [1.54, 1.807) is 25.4 Å². The first-order valence-corrected chi connectivity index (χ1v) is 9.54. The lowest BCUT2D eigenvalue weighted by atomic mass is 10.0. The molecule has 2 aromatic carbocycles. The van der Waals surface area contributed by atoms with E-state index in [0.29, 0.717) is 29.9 Å². The van der Waals surface area contributed by atoms with E-state index in [1.807, 2.05) is 0 Å². The van der Waals surface area contributed by atoms with Crippen LogP contribution in [0.5, 0.6) is 0 Å². The number of pyridine rings is 1. The average Bonchev–Trinajstić information content (AvgIpc) is 2.74. The van der Waals surface area contributed by atoms with Gasteiger partial charge in [0, 0.05) is 24.3 Å². The van der Waals surface area contributed by atoms with Gasteiger partial charge in [0.25, 0.3) is 5.91 Å². The molecule has 31 heavy (non-hydrogen) atoms. The van der Waals surface area contributed by atoms with E-state index in [0.717, 1.165) is 5.56 Å². The number of benzene rings is 2. The van der Waals surface area contributed by atoms with Gasteiger partial charge in [-0.2, -0.15) is 0 Å². The molecule has 0 spiro atoms. The highest BCUT2D eigenvalue weighted by Gasteiger charge is 2.18. The third kappa shape index (κ3) is 4.05. The van der Waals surface area contributed by atoms with Crippen LogP contribution in [0, 0.1) is 18.6 Å². The number of carbonyl (C=O) groups excluding carboxylic acids is 1. The summed E-state index contributed by atoms with van der Waals surface area (Å²) in [5.41, 5.74) is 6.28. The zero-order chi connectivity index (χ0) is 22.1. The Morgan fingerprint density at radius 2 is 1.68 bits per heavy atom. The Balaban J connectivity index is 1.85. The summed E-state index contributed by atoms with van der Waals surface area (Å²) in [5.74, 6) is -1.37. The molecule has 8 heteroatoms. The maximum Gasteiger partial charge on any atom is 0.254 e. The number of rotatable bonds is 5. The number of aromatic nitrogens is 3. The van der Waals surface area contributed by atoms with Crippen LogP contribution >= 0.6 is 0 Å². The van der Waals surface area contributed by atoms with Gasteiger partial charge >= 0.3 is 0 Å². The second kappa shape index (κ2) is 8.06. The van der Waals surface area contributed by atoms with Crippen LogP contribution in [0.3, 0.4) is 0 Å². The van der Waals surface area contributed by atoms with E-state index in [-0.39, 0.29) is 16.5 Å². The van der Waals surface area contributed by atoms with Crippen molar-refractivity contribution < 1.29 is 13.6 Å². The minimum absolute atomic E-state index is 0.0102. The Kier molecular flexibility index (Phi) is 5.29. The molecule has 4 rings (SSSR count). The second-order valence-corrected chi connectivity index (χ2v) is 7.19. The maximum absolute atomic E-state index is 15.2. The first-order chi connectivity index (χ1) is 14.8. The molecule has 0 radical (unpaired) electrons. The lowest BCUT2D eigenvalue weighted by molar-refractivity contribution is 0.0999. The van der Waals surface area contributed by atoms with Gasteiger partial charge in [-0.05, 0) is 67.3 Å². The number of aryl methyl sites for hydroxylation is 3. The molecule has 156 valence electrons. The molecule has 0 saturated heterocycles. The fraction of sp³-hybridized carbons (Fsp3) is 0.130. The number of carbonyl (C=O) groups is 1. The molecule has 2 heterocycles. The number of nitrogens with two attached hydrogens (primary N) is 1. The van der Waals surface area contributed by atoms with Gasteiger partial charge in [-0.1, -0.05) is 0 Å². The highest BCUT2D eigenvalue weighted by Crippen LogP contribution is 2.23. The molecular formula is C23H18F2N4O2. The van der Waals surface area contributed by atoms with Crippen molar-refractivity contribution in [3.63, 3.8) is 0 Å². The molecule has 0 aliphatic rings. The van der Waals surface area contributed by atoms with Crippen LogP contribution in [-0.2, 0) is 12.8 Å². The fourth-order valence-corrected chi connectivity index (χ4v) is 3.43. The van der Waals surface area contributed by atoms with Gasteiger partial charge in [-0.15, -0.1) is 0 Å². The van der Waals surface area contributed by atoms with Gasteiger partial charge in [0.2, 0.25) is 5.43 Å². The molecule has 4 aromatic rings. The van der Waals surface area contributed by atoms with E-state index in [2.05, 4.69) is 9.97 Å². The summed E-state index contributed by atoms with van der Waals surface area (Å²) in [7, 11) is 0. The molecule has 6 nitrogen and oxygen atoms in total. The van der Waals surface area contributed by atoms with Gasteiger partial charge in [-0.3, -0.25) is 9.59 Å². The maximum atomic E-state index is 15.2. The summed E-state index contributed by atoms with van der Waals surface area (Å²) in [6, 6.07) is 8.17. The lowest BCUT2D eigenvalue weighted by Gasteiger charge is -2.15. The first-order valence-electron chi connectivity index (χ1n) is 9.54. The summed E-state index contributed by atoms with van der Waals surface area (Å²) >= 11 is 0. The molecule has 0 unspecified atom stereocenters. The van der Waals surface area contributed by atoms with Gasteiger partial charge < -0.3 is 10.3 Å². The molecular weight excluding hydrogens is 402 g/mol. The van der Waals surface area contributed by atoms with Gasteiger partial charge in [-0.25, -0.2) is 18.7 Å². The van der Waals surface area contributed by atoms with Crippen molar-refractivity contribution in [1.29, 1.82) is 0 Å². The largest absolute Gasteiger partial charge is 0.365 e. The number of amides is 1. The van der Waals surface area contributed by atoms with E-state index in [4.69, 9.17) is 5.73 Å². The number of primary amides is 1. The molecule has 0 aliphatic carbocycles. The summed E-state index contributed by atoms with van der Waals surface area (Å²) < 4.78 is 29.9. The predicted octanol–water partition coefficient (Wildman–Crippen LogP) is 3.25. The van der Waals surface area contributed by atoms with Crippen molar-refractivity contribution in [3.05, 3.63) is 99.4 Å². The topological polar surface area (TPSA) is 90.9 Å². The van der Waals surface area contributed by atoms with E-state index >= 15 is 4.39 Å². The molecule has 1 amide bonds. The molecule has 0 saturated carbocycles. The highest BCUT2D eigenvalue weighted by atomic mass is 19.1. The van der Waals surface area contributed by atoms with Gasteiger partial charge in [0.1, 0.15) is 23.0 Å². The number of hydrogen-bond acceptors (Lipinski definition) is 4. The minimum atomic E-state index is -0.926. The minimum Gasteiger partial charge on any atom is -0.365 e. The van der Waals surface area contributed by atoms with Crippen molar-refractivity contribution in [2.75, 3.05) is 0 Å². The summed E-state index contributed by atoms with van der Waals surface area (Å²) in [6.07, 6.45) is 5.58. The summed E-state index contributed by atoms with van der Waals surface area (Å²) in [4.78, 5) is 33.0. The average molecular weight is 420 g/mol. The summed E-state index contributed by atoms with van der Waals surface area (Å²) in [6.45, 7) is 1.78. The Bertz CT molecular complexity index is 1350. The zero-order valence-corrected chi connectivity index (χ0v) is 16.6. The van der Waals surface area contributed by atoms with Crippen molar-refractivity contribution in [3.8, 4) is 5.69 Å². The smallest absolute Gasteiger partial charge is 0.254 e. The number of fused-ring (bicyclic) bond motifs is 1. The van der Waals surface area contributed by atoms with E-state index in [9.17, 15) is 14.0 Å². The Labute approximate surface area is 176 Å². The summed E-state index contributed by atoms with van der Waals surface area (Å²) in [5, 5.41) is 0.0239. The van der Waals surface area contributed by atoms with Crippen LogP contribution in [0.25, 0.3) is 16.6 Å². The molecule has 2 N–H and O–H groups in total. The third-order valence-corrected chi connectivity index (χ3v) is 5.02. The zero-order valence-electron chi connectivity index (χ0n) is 16.6. The highest BCUT2D eigenvalue weighted by molar-refractivity contribution is 5.97. The van der Waals surface area contributed by atoms with Gasteiger partial charge in [0.15, 0.2) is 0 Å². The quantitative estimate of drug-likeness (QED) is 0.537. The van der Waals surface area contributed by atoms with Crippen molar-refractivity contribution in [2.24, 2.45) is 5.73 Å². The third-order valence-electron chi connectivity index (χ3n) is 5.02. The van der Waals surface area contributed by atoms with Crippen LogP contribution in [-0.4, -0.2) is 20.4 Å². The monoisotopic (exact) mass is 420 g/mol.